The Labute approximate surface area is 136 Å². The van der Waals surface area contributed by atoms with Crippen molar-refractivity contribution in [1.29, 1.82) is 0 Å². The third-order valence-corrected chi connectivity index (χ3v) is 3.74. The van der Waals surface area contributed by atoms with Gasteiger partial charge in [-0.15, -0.1) is 0 Å². The predicted octanol–water partition coefficient (Wildman–Crippen LogP) is 0.401. The van der Waals surface area contributed by atoms with Crippen LogP contribution in [0.25, 0.3) is 0 Å². The Morgan fingerprint density at radius 2 is 1.78 bits per heavy atom. The smallest absolute Gasteiger partial charge is 0.254 e. The molecular formula is C16H24N4O3. The maximum absolute atomic E-state index is 11.9. The summed E-state index contributed by atoms with van der Waals surface area (Å²) < 4.78 is 10.4. The van der Waals surface area contributed by atoms with Crippen molar-refractivity contribution in [3.8, 4) is 11.5 Å². The first-order valence-electron chi connectivity index (χ1n) is 7.56. The van der Waals surface area contributed by atoms with E-state index >= 15 is 0 Å². The van der Waals surface area contributed by atoms with Crippen LogP contribution in [0.4, 0.5) is 0 Å². The average molecular weight is 320 g/mol. The number of hydrogen-bond donors (Lipinski definition) is 1. The summed E-state index contributed by atoms with van der Waals surface area (Å²) in [6.07, 6.45) is 1.58. The molecule has 1 aliphatic rings. The van der Waals surface area contributed by atoms with Crippen molar-refractivity contribution in [2.75, 3.05) is 54.0 Å². The Kier molecular flexibility index (Phi) is 6.37. The molecule has 0 spiro atoms. The molecule has 1 amide bonds. The molecule has 0 bridgehead atoms. The quantitative estimate of drug-likeness (QED) is 0.607. The second-order valence-corrected chi connectivity index (χ2v) is 5.52. The van der Waals surface area contributed by atoms with Gasteiger partial charge < -0.3 is 14.4 Å². The molecule has 2 rings (SSSR count). The third-order valence-electron chi connectivity index (χ3n) is 3.74. The zero-order valence-corrected chi connectivity index (χ0v) is 13.9. The van der Waals surface area contributed by atoms with Gasteiger partial charge in [0.05, 0.1) is 27.0 Å². The lowest BCUT2D eigenvalue weighted by atomic mass is 10.2. The molecule has 1 fully saturated rings. The average Bonchev–Trinajstić information content (AvgIpc) is 2.56. The van der Waals surface area contributed by atoms with Crippen LogP contribution < -0.4 is 14.9 Å². The highest BCUT2D eigenvalue weighted by molar-refractivity contribution is 5.84. The van der Waals surface area contributed by atoms with Gasteiger partial charge in [0.15, 0.2) is 0 Å². The SMILES string of the molecule is COc1cc(C=NNC(=O)CN2CCN(C)CC2)cc(OC)c1. The molecule has 0 atom stereocenters. The summed E-state index contributed by atoms with van der Waals surface area (Å²) in [5.74, 6) is 1.24. The van der Waals surface area contributed by atoms with Crippen LogP contribution in [-0.4, -0.2) is 75.9 Å². The molecule has 0 aliphatic carbocycles. The molecule has 23 heavy (non-hydrogen) atoms. The van der Waals surface area contributed by atoms with Crippen LogP contribution in [0.15, 0.2) is 23.3 Å². The fourth-order valence-corrected chi connectivity index (χ4v) is 2.33. The molecule has 1 N–H and O–H groups in total. The van der Waals surface area contributed by atoms with Crippen LogP contribution in [0.2, 0.25) is 0 Å². The van der Waals surface area contributed by atoms with Gasteiger partial charge in [-0.2, -0.15) is 5.10 Å². The molecule has 0 radical (unpaired) electrons. The Morgan fingerprint density at radius 3 is 2.35 bits per heavy atom. The fourth-order valence-electron chi connectivity index (χ4n) is 2.33. The molecule has 0 saturated carbocycles. The van der Waals surface area contributed by atoms with E-state index in [1.54, 1.807) is 26.5 Å². The van der Waals surface area contributed by atoms with Crippen LogP contribution in [0.5, 0.6) is 11.5 Å². The first-order chi connectivity index (χ1) is 11.1. The summed E-state index contributed by atoms with van der Waals surface area (Å²) in [7, 11) is 5.27. The van der Waals surface area contributed by atoms with E-state index < -0.39 is 0 Å². The van der Waals surface area contributed by atoms with Gasteiger partial charge in [-0.05, 0) is 19.2 Å². The molecule has 1 aromatic rings. The summed E-state index contributed by atoms with van der Waals surface area (Å²) in [6.45, 7) is 4.15. The molecule has 1 heterocycles. The highest BCUT2D eigenvalue weighted by Gasteiger charge is 2.15. The number of rotatable bonds is 6. The minimum absolute atomic E-state index is 0.110. The normalized spacial score (nSPS) is 16.5. The van der Waals surface area contributed by atoms with Gasteiger partial charge in [0, 0.05) is 37.8 Å². The molecule has 7 nitrogen and oxygen atoms in total. The van der Waals surface area contributed by atoms with Gasteiger partial charge >= 0.3 is 0 Å². The van der Waals surface area contributed by atoms with Crippen molar-refractivity contribution in [2.24, 2.45) is 5.10 Å². The second-order valence-electron chi connectivity index (χ2n) is 5.52. The summed E-state index contributed by atoms with van der Waals surface area (Å²) in [4.78, 5) is 16.3. The first-order valence-corrected chi connectivity index (χ1v) is 7.56. The van der Waals surface area contributed by atoms with Crippen LogP contribution in [0.1, 0.15) is 5.56 Å². The van der Waals surface area contributed by atoms with Gasteiger partial charge in [-0.1, -0.05) is 0 Å². The van der Waals surface area contributed by atoms with E-state index in [4.69, 9.17) is 9.47 Å². The number of benzene rings is 1. The van der Waals surface area contributed by atoms with E-state index in [1.807, 2.05) is 12.1 Å². The number of likely N-dealkylation sites (N-methyl/N-ethyl adjacent to an activating group) is 1. The van der Waals surface area contributed by atoms with Gasteiger partial charge in [-0.25, -0.2) is 5.43 Å². The van der Waals surface area contributed by atoms with E-state index in [-0.39, 0.29) is 5.91 Å². The summed E-state index contributed by atoms with van der Waals surface area (Å²) in [5.41, 5.74) is 3.35. The second kappa shape index (κ2) is 8.50. The largest absolute Gasteiger partial charge is 0.497 e. The van der Waals surface area contributed by atoms with E-state index in [0.29, 0.717) is 18.0 Å². The third kappa shape index (κ3) is 5.54. The van der Waals surface area contributed by atoms with Crippen LogP contribution in [0.3, 0.4) is 0 Å². The molecule has 1 aromatic carbocycles. The topological polar surface area (TPSA) is 66.4 Å². The number of amides is 1. The molecule has 7 heteroatoms. The maximum atomic E-state index is 11.9. The lowest BCUT2D eigenvalue weighted by Gasteiger charge is -2.31. The lowest BCUT2D eigenvalue weighted by Crippen LogP contribution is -2.47. The Bertz CT molecular complexity index is 532. The number of ether oxygens (including phenoxy) is 2. The lowest BCUT2D eigenvalue weighted by molar-refractivity contribution is -0.122. The number of carbonyl (C=O) groups excluding carboxylic acids is 1. The number of hydrogen-bond acceptors (Lipinski definition) is 6. The van der Waals surface area contributed by atoms with Gasteiger partial charge in [-0.3, -0.25) is 9.69 Å². The number of methoxy groups -OCH3 is 2. The first kappa shape index (κ1) is 17.2. The summed E-state index contributed by atoms with van der Waals surface area (Å²) in [6, 6.07) is 5.42. The minimum atomic E-state index is -0.110. The standard InChI is InChI=1S/C16H24N4O3/c1-19-4-6-20(7-5-19)12-16(21)18-17-11-13-8-14(22-2)10-15(9-13)23-3/h8-11H,4-7,12H2,1-3H3,(H,18,21). The monoisotopic (exact) mass is 320 g/mol. The summed E-state index contributed by atoms with van der Waals surface area (Å²) >= 11 is 0. The Morgan fingerprint density at radius 1 is 1.17 bits per heavy atom. The van der Waals surface area contributed by atoms with Crippen molar-refractivity contribution in [3.63, 3.8) is 0 Å². The Hall–Kier alpha value is -2.12. The molecule has 0 aromatic heterocycles. The van der Waals surface area contributed by atoms with Crippen molar-refractivity contribution < 1.29 is 14.3 Å². The van der Waals surface area contributed by atoms with Crippen molar-refractivity contribution >= 4 is 12.1 Å². The van der Waals surface area contributed by atoms with Crippen LogP contribution in [0, 0.1) is 0 Å². The highest BCUT2D eigenvalue weighted by atomic mass is 16.5. The van der Waals surface area contributed by atoms with E-state index in [1.165, 1.54) is 0 Å². The highest BCUT2D eigenvalue weighted by Crippen LogP contribution is 2.21. The molecule has 1 aliphatic heterocycles. The zero-order chi connectivity index (χ0) is 16.7. The maximum Gasteiger partial charge on any atom is 0.254 e. The van der Waals surface area contributed by atoms with E-state index in [0.717, 1.165) is 31.7 Å². The summed E-state index contributed by atoms with van der Waals surface area (Å²) in [5, 5.41) is 4.00. The molecule has 126 valence electrons. The molecule has 1 saturated heterocycles. The number of carbonyl (C=O) groups is 1. The van der Waals surface area contributed by atoms with Crippen LogP contribution in [-0.2, 0) is 4.79 Å². The van der Waals surface area contributed by atoms with Crippen molar-refractivity contribution in [2.45, 2.75) is 0 Å². The van der Waals surface area contributed by atoms with E-state index in [9.17, 15) is 4.79 Å². The van der Waals surface area contributed by atoms with Gasteiger partial charge in [0.25, 0.3) is 5.91 Å². The number of hydrazone groups is 1. The fraction of sp³-hybridized carbons (Fsp3) is 0.500. The Balaban J connectivity index is 1.84. The molecular weight excluding hydrogens is 296 g/mol. The number of piperazine rings is 1. The van der Waals surface area contributed by atoms with Crippen molar-refractivity contribution in [1.82, 2.24) is 15.2 Å². The predicted molar refractivity (Wildman–Crippen MR) is 89.2 cm³/mol. The molecule has 0 unspecified atom stereocenters. The van der Waals surface area contributed by atoms with Gasteiger partial charge in [0.1, 0.15) is 11.5 Å². The minimum Gasteiger partial charge on any atom is -0.497 e. The number of nitrogens with one attached hydrogen (secondary N) is 1. The van der Waals surface area contributed by atoms with Crippen LogP contribution >= 0.6 is 0 Å². The van der Waals surface area contributed by atoms with Crippen molar-refractivity contribution in [3.05, 3.63) is 23.8 Å². The van der Waals surface area contributed by atoms with Gasteiger partial charge in [0.2, 0.25) is 0 Å². The number of nitrogens with zero attached hydrogens (tertiary/aromatic N) is 3. The van der Waals surface area contributed by atoms with E-state index in [2.05, 4.69) is 27.4 Å². The zero-order valence-electron chi connectivity index (χ0n) is 13.9.